The van der Waals surface area contributed by atoms with E-state index in [0.717, 1.165) is 19.1 Å². The van der Waals surface area contributed by atoms with Crippen LogP contribution in [0, 0.1) is 0 Å². The predicted octanol–water partition coefficient (Wildman–Crippen LogP) is 0.417. The van der Waals surface area contributed by atoms with Crippen molar-refractivity contribution >= 4 is 31.7 Å². The summed E-state index contributed by atoms with van der Waals surface area (Å²) in [6.45, 7) is 1.30. The van der Waals surface area contributed by atoms with Crippen LogP contribution in [0.5, 0.6) is 0 Å². The van der Waals surface area contributed by atoms with Gasteiger partial charge in [0.1, 0.15) is 5.75 Å². The lowest BCUT2D eigenvalue weighted by Crippen LogP contribution is -2.42. The Morgan fingerprint density at radius 3 is 2.71 bits per heavy atom. The fraction of sp³-hybridized carbons (Fsp3) is 0.875. The van der Waals surface area contributed by atoms with E-state index in [4.69, 9.17) is 0 Å². The molecule has 0 aromatic rings. The third-order valence-electron chi connectivity index (χ3n) is 2.10. The average Bonchev–Trinajstić information content (AvgIpc) is 2.01. The van der Waals surface area contributed by atoms with Gasteiger partial charge in [-0.1, -0.05) is 15.9 Å². The molecular weight excluding hydrogens is 270 g/mol. The van der Waals surface area contributed by atoms with Gasteiger partial charge >= 0.3 is 0 Å². The Kier molecular flexibility index (Phi) is 3.94. The summed E-state index contributed by atoms with van der Waals surface area (Å²) < 4.78 is 21.8. The maximum absolute atomic E-state index is 11.5. The summed E-state index contributed by atoms with van der Waals surface area (Å²) in [5, 5.41) is 0. The zero-order chi connectivity index (χ0) is 10.8. The Bertz CT molecular complexity index is 315. The molecule has 0 bridgehead atoms. The summed E-state index contributed by atoms with van der Waals surface area (Å²) in [5.74, 6) is -0.649. The molecule has 0 aromatic heterocycles. The van der Waals surface area contributed by atoms with Crippen LogP contribution >= 0.6 is 15.9 Å². The van der Waals surface area contributed by atoms with Gasteiger partial charge in [0.15, 0.2) is 9.84 Å². The van der Waals surface area contributed by atoms with Crippen LogP contribution < -0.4 is 0 Å². The fourth-order valence-corrected chi connectivity index (χ4v) is 2.77. The third-order valence-corrected chi connectivity index (χ3v) is 3.62. The van der Waals surface area contributed by atoms with Crippen LogP contribution in [-0.2, 0) is 14.6 Å². The van der Waals surface area contributed by atoms with E-state index in [0.29, 0.717) is 17.9 Å². The van der Waals surface area contributed by atoms with Crippen molar-refractivity contribution in [3.8, 4) is 0 Å². The summed E-state index contributed by atoms with van der Waals surface area (Å²) >= 11 is 3.43. The van der Waals surface area contributed by atoms with Crippen molar-refractivity contribution in [2.45, 2.75) is 17.7 Å². The quantitative estimate of drug-likeness (QED) is 0.690. The molecule has 1 fully saturated rings. The SMILES string of the molecule is CS(=O)(=O)CC(=O)N1CCCC(Br)C1. The lowest BCUT2D eigenvalue weighted by Gasteiger charge is -2.29. The molecule has 6 heteroatoms. The van der Waals surface area contributed by atoms with Crippen molar-refractivity contribution < 1.29 is 13.2 Å². The Morgan fingerprint density at radius 1 is 1.57 bits per heavy atom. The van der Waals surface area contributed by atoms with Crippen molar-refractivity contribution in [3.05, 3.63) is 0 Å². The summed E-state index contributed by atoms with van der Waals surface area (Å²) in [7, 11) is -3.20. The maximum atomic E-state index is 11.5. The van der Waals surface area contributed by atoms with Gasteiger partial charge in [0, 0.05) is 24.2 Å². The van der Waals surface area contributed by atoms with E-state index < -0.39 is 9.84 Å². The van der Waals surface area contributed by atoms with Gasteiger partial charge in [-0.25, -0.2) is 8.42 Å². The van der Waals surface area contributed by atoms with Gasteiger partial charge in [-0.2, -0.15) is 0 Å². The molecule has 82 valence electrons. The van der Waals surface area contributed by atoms with Gasteiger partial charge in [0.05, 0.1) is 0 Å². The molecule has 1 atom stereocenters. The summed E-state index contributed by atoms with van der Waals surface area (Å²) in [5.41, 5.74) is 0. The van der Waals surface area contributed by atoms with Gasteiger partial charge in [0.2, 0.25) is 5.91 Å². The van der Waals surface area contributed by atoms with E-state index in [9.17, 15) is 13.2 Å². The Labute approximate surface area is 92.7 Å². The molecule has 1 unspecified atom stereocenters. The van der Waals surface area contributed by atoms with E-state index in [1.165, 1.54) is 0 Å². The number of halogens is 1. The second-order valence-corrected chi connectivity index (χ2v) is 7.08. The molecule has 0 aliphatic carbocycles. The molecule has 1 rings (SSSR count). The number of piperidine rings is 1. The van der Waals surface area contributed by atoms with Gasteiger partial charge in [-0.3, -0.25) is 4.79 Å². The van der Waals surface area contributed by atoms with Crippen LogP contribution in [0.25, 0.3) is 0 Å². The number of carbonyl (C=O) groups is 1. The largest absolute Gasteiger partial charge is 0.341 e. The van der Waals surface area contributed by atoms with E-state index in [1.54, 1.807) is 4.90 Å². The van der Waals surface area contributed by atoms with Crippen molar-refractivity contribution in [2.75, 3.05) is 25.1 Å². The highest BCUT2D eigenvalue weighted by atomic mass is 79.9. The van der Waals surface area contributed by atoms with Gasteiger partial charge in [-0.15, -0.1) is 0 Å². The molecule has 0 aromatic carbocycles. The van der Waals surface area contributed by atoms with Crippen LogP contribution in [0.1, 0.15) is 12.8 Å². The number of rotatable bonds is 2. The first kappa shape index (κ1) is 12.0. The van der Waals surface area contributed by atoms with E-state index in [2.05, 4.69) is 15.9 Å². The second-order valence-electron chi connectivity index (χ2n) is 3.65. The van der Waals surface area contributed by atoms with E-state index in [1.807, 2.05) is 0 Å². The molecule has 0 spiro atoms. The smallest absolute Gasteiger partial charge is 0.237 e. The van der Waals surface area contributed by atoms with Gasteiger partial charge in [-0.05, 0) is 12.8 Å². The number of likely N-dealkylation sites (tertiary alicyclic amines) is 1. The van der Waals surface area contributed by atoms with Crippen molar-refractivity contribution in [2.24, 2.45) is 0 Å². The Morgan fingerprint density at radius 2 is 2.21 bits per heavy atom. The van der Waals surface area contributed by atoms with E-state index >= 15 is 0 Å². The van der Waals surface area contributed by atoms with E-state index in [-0.39, 0.29) is 11.7 Å². The first-order valence-corrected chi connectivity index (χ1v) is 7.45. The highest BCUT2D eigenvalue weighted by Crippen LogP contribution is 2.16. The molecular formula is C8H14BrNO3S. The van der Waals surface area contributed by atoms with Crippen LogP contribution in [0.15, 0.2) is 0 Å². The van der Waals surface area contributed by atoms with Crippen LogP contribution in [0.2, 0.25) is 0 Å². The minimum absolute atomic E-state index is 0.281. The molecule has 0 saturated carbocycles. The molecule has 1 aliphatic rings. The number of hydrogen-bond acceptors (Lipinski definition) is 3. The van der Waals surface area contributed by atoms with Gasteiger partial charge in [0.25, 0.3) is 0 Å². The minimum Gasteiger partial charge on any atom is -0.341 e. The summed E-state index contributed by atoms with van der Waals surface area (Å²) in [4.78, 5) is 13.4. The minimum atomic E-state index is -3.20. The number of nitrogens with zero attached hydrogens (tertiary/aromatic N) is 1. The van der Waals surface area contributed by atoms with Crippen molar-refractivity contribution in [1.29, 1.82) is 0 Å². The van der Waals surface area contributed by atoms with Crippen molar-refractivity contribution in [3.63, 3.8) is 0 Å². The molecule has 0 radical (unpaired) electrons. The van der Waals surface area contributed by atoms with Crippen LogP contribution in [0.3, 0.4) is 0 Å². The van der Waals surface area contributed by atoms with Gasteiger partial charge < -0.3 is 4.90 Å². The van der Waals surface area contributed by atoms with Crippen LogP contribution in [0.4, 0.5) is 0 Å². The summed E-state index contributed by atoms with van der Waals surface area (Å²) in [6.07, 6.45) is 3.06. The number of hydrogen-bond donors (Lipinski definition) is 0. The number of amides is 1. The van der Waals surface area contributed by atoms with Crippen molar-refractivity contribution in [1.82, 2.24) is 4.90 Å². The van der Waals surface area contributed by atoms with Crippen LogP contribution in [-0.4, -0.2) is 49.2 Å². The molecule has 1 heterocycles. The third kappa shape index (κ3) is 3.96. The first-order chi connectivity index (χ1) is 6.38. The topological polar surface area (TPSA) is 54.5 Å². The zero-order valence-corrected chi connectivity index (χ0v) is 10.5. The Balaban J connectivity index is 2.52. The lowest BCUT2D eigenvalue weighted by atomic mass is 10.1. The lowest BCUT2D eigenvalue weighted by molar-refractivity contribution is -0.129. The fourth-order valence-electron chi connectivity index (χ4n) is 1.47. The zero-order valence-electron chi connectivity index (χ0n) is 8.07. The highest BCUT2D eigenvalue weighted by Gasteiger charge is 2.23. The average molecular weight is 284 g/mol. The molecule has 1 amide bonds. The predicted molar refractivity (Wildman–Crippen MR) is 58.2 cm³/mol. The Hall–Kier alpha value is -0.100. The normalized spacial score (nSPS) is 23.6. The second kappa shape index (κ2) is 4.61. The molecule has 0 N–H and O–H groups in total. The highest BCUT2D eigenvalue weighted by molar-refractivity contribution is 9.09. The standard InChI is InChI=1S/C8H14BrNO3S/c1-14(12,13)6-8(11)10-4-2-3-7(9)5-10/h7H,2-6H2,1H3. The monoisotopic (exact) mass is 283 g/mol. The number of sulfone groups is 1. The molecule has 1 aliphatic heterocycles. The first-order valence-electron chi connectivity index (χ1n) is 4.48. The molecule has 4 nitrogen and oxygen atoms in total. The molecule has 14 heavy (non-hydrogen) atoms. The number of alkyl halides is 1. The molecule has 1 saturated heterocycles. The number of carbonyl (C=O) groups excluding carboxylic acids is 1. The summed E-state index contributed by atoms with van der Waals surface area (Å²) in [6, 6.07) is 0. The maximum Gasteiger partial charge on any atom is 0.237 e.